The van der Waals surface area contributed by atoms with E-state index in [0.29, 0.717) is 38.6 Å². The lowest BCUT2D eigenvalue weighted by Gasteiger charge is -2.14. The number of nitrogens with zero attached hydrogens (tertiary/aromatic N) is 4. The van der Waals surface area contributed by atoms with Crippen molar-refractivity contribution in [3.05, 3.63) is 75.8 Å². The molecule has 0 saturated carbocycles. The van der Waals surface area contributed by atoms with Gasteiger partial charge in [0, 0.05) is 22.5 Å². The molecule has 6 nitrogen and oxygen atoms in total. The molecule has 2 aromatic carbocycles. The normalized spacial score (nSPS) is 11.3. The van der Waals surface area contributed by atoms with Gasteiger partial charge in [-0.25, -0.2) is 19.9 Å². The van der Waals surface area contributed by atoms with E-state index in [4.69, 9.17) is 39.8 Å². The van der Waals surface area contributed by atoms with Gasteiger partial charge in [-0.15, -0.1) is 0 Å². The van der Waals surface area contributed by atoms with Crippen molar-refractivity contribution in [2.75, 3.05) is 5.32 Å². The maximum Gasteiger partial charge on any atom is 0.162 e. The van der Waals surface area contributed by atoms with Gasteiger partial charge < -0.3 is 10.3 Å². The van der Waals surface area contributed by atoms with Crippen LogP contribution in [0.15, 0.2) is 55.1 Å². The number of pyridine rings is 1. The molecular formula is C21H13Cl3N6. The van der Waals surface area contributed by atoms with Crippen molar-refractivity contribution >= 4 is 62.7 Å². The largest absolute Gasteiger partial charge is 0.364 e. The highest BCUT2D eigenvalue weighted by atomic mass is 35.5. The summed E-state index contributed by atoms with van der Waals surface area (Å²) in [6.45, 7) is 0.447. The maximum atomic E-state index is 6.48. The number of hydrogen-bond donors (Lipinski definition) is 2. The molecule has 3 heterocycles. The van der Waals surface area contributed by atoms with Gasteiger partial charge in [0.05, 0.1) is 27.6 Å². The van der Waals surface area contributed by atoms with Crippen LogP contribution < -0.4 is 5.32 Å². The number of aromatic nitrogens is 5. The molecule has 0 aliphatic rings. The highest BCUT2D eigenvalue weighted by Crippen LogP contribution is 2.34. The van der Waals surface area contributed by atoms with E-state index in [1.807, 2.05) is 36.4 Å². The molecule has 0 aliphatic heterocycles. The van der Waals surface area contributed by atoms with Crippen molar-refractivity contribution in [1.29, 1.82) is 0 Å². The molecule has 0 aliphatic carbocycles. The predicted octanol–water partition coefficient (Wildman–Crippen LogP) is 6.14. The standard InChI is InChI=1S/C21H13Cl3N6/c22-14-4-2-1-3-13(14)18-12(5-11-6-15(23)16(24)7-17(11)30-18)8-25-20-19-21(27-9-26-19)29-10-28-20/h1-7,9-10H,8H2,(H2,25,26,27,28,29). The number of hydrogen-bond acceptors (Lipinski definition) is 5. The fourth-order valence-corrected chi connectivity index (χ4v) is 3.86. The van der Waals surface area contributed by atoms with Crippen LogP contribution in [0, 0.1) is 0 Å². The summed E-state index contributed by atoms with van der Waals surface area (Å²) >= 11 is 18.9. The summed E-state index contributed by atoms with van der Waals surface area (Å²) < 4.78 is 0. The van der Waals surface area contributed by atoms with E-state index in [1.165, 1.54) is 6.33 Å². The second kappa shape index (κ2) is 7.72. The predicted molar refractivity (Wildman–Crippen MR) is 121 cm³/mol. The van der Waals surface area contributed by atoms with E-state index < -0.39 is 0 Å². The van der Waals surface area contributed by atoms with E-state index in [0.717, 1.165) is 27.7 Å². The molecule has 5 aromatic rings. The number of H-pyrrole nitrogens is 1. The van der Waals surface area contributed by atoms with Gasteiger partial charge in [-0.05, 0) is 29.8 Å². The molecule has 0 spiro atoms. The van der Waals surface area contributed by atoms with Crippen LogP contribution in [0.3, 0.4) is 0 Å². The Labute approximate surface area is 186 Å². The number of rotatable bonds is 4. The van der Waals surface area contributed by atoms with Gasteiger partial charge in [0.15, 0.2) is 11.5 Å². The van der Waals surface area contributed by atoms with Crippen LogP contribution in [0.2, 0.25) is 15.1 Å². The number of imidazole rings is 1. The molecule has 0 saturated heterocycles. The molecule has 0 bridgehead atoms. The summed E-state index contributed by atoms with van der Waals surface area (Å²) in [6.07, 6.45) is 3.07. The van der Waals surface area contributed by atoms with Crippen LogP contribution in [0.1, 0.15) is 5.56 Å². The Kier molecular flexibility index (Phi) is 4.90. The van der Waals surface area contributed by atoms with E-state index in [9.17, 15) is 0 Å². The highest BCUT2D eigenvalue weighted by Gasteiger charge is 2.15. The van der Waals surface area contributed by atoms with Gasteiger partial charge in [0.2, 0.25) is 0 Å². The number of anilines is 1. The second-order valence-electron chi connectivity index (χ2n) is 6.61. The zero-order valence-electron chi connectivity index (χ0n) is 15.3. The van der Waals surface area contributed by atoms with Crippen molar-refractivity contribution in [3.63, 3.8) is 0 Å². The molecule has 148 valence electrons. The number of nitrogens with one attached hydrogen (secondary N) is 2. The average molecular weight is 456 g/mol. The second-order valence-corrected chi connectivity index (χ2v) is 7.83. The molecule has 9 heteroatoms. The fourth-order valence-electron chi connectivity index (χ4n) is 3.31. The highest BCUT2D eigenvalue weighted by molar-refractivity contribution is 6.42. The first-order valence-corrected chi connectivity index (χ1v) is 10.1. The number of benzene rings is 2. The van der Waals surface area contributed by atoms with Crippen LogP contribution in [-0.2, 0) is 6.54 Å². The minimum Gasteiger partial charge on any atom is -0.364 e. The molecule has 5 rings (SSSR count). The van der Waals surface area contributed by atoms with Gasteiger partial charge in [-0.3, -0.25) is 0 Å². The fraction of sp³-hybridized carbons (Fsp3) is 0.0476. The Bertz CT molecular complexity index is 1400. The topological polar surface area (TPSA) is 79.4 Å². The third kappa shape index (κ3) is 3.43. The van der Waals surface area contributed by atoms with E-state index in [2.05, 4.69) is 25.3 Å². The van der Waals surface area contributed by atoms with Crippen LogP contribution in [0.25, 0.3) is 33.3 Å². The summed E-state index contributed by atoms with van der Waals surface area (Å²) in [5, 5.41) is 5.76. The lowest BCUT2D eigenvalue weighted by atomic mass is 10.0. The van der Waals surface area contributed by atoms with Crippen molar-refractivity contribution in [1.82, 2.24) is 24.9 Å². The van der Waals surface area contributed by atoms with Crippen molar-refractivity contribution < 1.29 is 0 Å². The van der Waals surface area contributed by atoms with E-state index in [-0.39, 0.29) is 0 Å². The number of fused-ring (bicyclic) bond motifs is 2. The summed E-state index contributed by atoms with van der Waals surface area (Å²) in [5.74, 6) is 0.626. The maximum absolute atomic E-state index is 6.48. The lowest BCUT2D eigenvalue weighted by molar-refractivity contribution is 1.09. The van der Waals surface area contributed by atoms with Crippen molar-refractivity contribution in [2.24, 2.45) is 0 Å². The quantitative estimate of drug-likeness (QED) is 0.340. The molecule has 0 amide bonds. The molecular weight excluding hydrogens is 443 g/mol. The van der Waals surface area contributed by atoms with Crippen molar-refractivity contribution in [3.8, 4) is 11.3 Å². The van der Waals surface area contributed by atoms with E-state index >= 15 is 0 Å². The van der Waals surface area contributed by atoms with Crippen LogP contribution in [-0.4, -0.2) is 24.9 Å². The smallest absolute Gasteiger partial charge is 0.162 e. The first-order valence-electron chi connectivity index (χ1n) is 9.01. The Morgan fingerprint density at radius 1 is 0.900 bits per heavy atom. The lowest BCUT2D eigenvalue weighted by Crippen LogP contribution is -2.05. The summed E-state index contributed by atoms with van der Waals surface area (Å²) in [4.78, 5) is 20.6. The Hall–Kier alpha value is -2.93. The van der Waals surface area contributed by atoms with E-state index in [1.54, 1.807) is 12.4 Å². The summed E-state index contributed by atoms with van der Waals surface area (Å²) in [6, 6.07) is 13.2. The third-order valence-electron chi connectivity index (χ3n) is 4.73. The number of halogens is 3. The van der Waals surface area contributed by atoms with Crippen LogP contribution in [0.4, 0.5) is 5.82 Å². The minimum atomic E-state index is 0.447. The van der Waals surface area contributed by atoms with Crippen LogP contribution in [0.5, 0.6) is 0 Å². The Balaban J connectivity index is 1.63. The van der Waals surface area contributed by atoms with Crippen LogP contribution >= 0.6 is 34.8 Å². The van der Waals surface area contributed by atoms with Gasteiger partial charge in [0.25, 0.3) is 0 Å². The molecule has 0 unspecified atom stereocenters. The van der Waals surface area contributed by atoms with Gasteiger partial charge in [0.1, 0.15) is 11.8 Å². The number of aromatic amines is 1. The molecule has 0 atom stereocenters. The Morgan fingerprint density at radius 2 is 1.73 bits per heavy atom. The molecule has 30 heavy (non-hydrogen) atoms. The van der Waals surface area contributed by atoms with Gasteiger partial charge in [-0.2, -0.15) is 0 Å². The first kappa shape index (κ1) is 19.1. The third-order valence-corrected chi connectivity index (χ3v) is 5.78. The molecule has 3 aromatic heterocycles. The molecule has 0 radical (unpaired) electrons. The molecule has 0 fully saturated rings. The average Bonchev–Trinajstić information content (AvgIpc) is 3.23. The monoisotopic (exact) mass is 454 g/mol. The zero-order chi connectivity index (χ0) is 20.7. The Morgan fingerprint density at radius 3 is 2.60 bits per heavy atom. The van der Waals surface area contributed by atoms with Crippen molar-refractivity contribution in [2.45, 2.75) is 6.54 Å². The first-order chi connectivity index (χ1) is 14.6. The van der Waals surface area contributed by atoms with Gasteiger partial charge >= 0.3 is 0 Å². The minimum absolute atomic E-state index is 0.447. The molecule has 2 N–H and O–H groups in total. The summed E-state index contributed by atoms with van der Waals surface area (Å²) in [7, 11) is 0. The summed E-state index contributed by atoms with van der Waals surface area (Å²) in [5.41, 5.74) is 4.58. The SMILES string of the molecule is Clc1cc2cc(CNc3ncnc4[nH]cnc34)c(-c3ccccc3Cl)nc2cc1Cl. The van der Waals surface area contributed by atoms with Gasteiger partial charge in [-0.1, -0.05) is 53.0 Å². The zero-order valence-corrected chi connectivity index (χ0v) is 17.6.